The standard InChI is InChI=1S/C10H11BrFNO5S/c11-6-1-2-9(7(12)5-6)19(17,18)13-8(3-4-14)10(15)16/h1-2,5,8,13-14H,3-4H2,(H,15,16). The van der Waals surface area contributed by atoms with Crippen molar-refractivity contribution in [3.05, 3.63) is 28.5 Å². The molecule has 0 amide bonds. The Morgan fingerprint density at radius 1 is 1.47 bits per heavy atom. The van der Waals surface area contributed by atoms with Crippen molar-refractivity contribution in [3.8, 4) is 0 Å². The van der Waals surface area contributed by atoms with E-state index in [0.717, 1.165) is 12.1 Å². The Bertz CT molecular complexity index is 577. The van der Waals surface area contributed by atoms with Crippen LogP contribution in [-0.2, 0) is 14.8 Å². The number of rotatable bonds is 6. The lowest BCUT2D eigenvalue weighted by molar-refractivity contribution is -0.139. The van der Waals surface area contributed by atoms with Crippen molar-refractivity contribution in [2.24, 2.45) is 0 Å². The number of hydrogen-bond acceptors (Lipinski definition) is 4. The van der Waals surface area contributed by atoms with Crippen molar-refractivity contribution >= 4 is 31.9 Å². The number of aliphatic hydroxyl groups is 1. The van der Waals surface area contributed by atoms with Crippen molar-refractivity contribution in [2.75, 3.05) is 6.61 Å². The summed E-state index contributed by atoms with van der Waals surface area (Å²) in [5.41, 5.74) is 0. The molecular weight excluding hydrogens is 345 g/mol. The molecule has 0 aliphatic carbocycles. The van der Waals surface area contributed by atoms with E-state index in [-0.39, 0.29) is 6.42 Å². The molecule has 1 atom stereocenters. The van der Waals surface area contributed by atoms with Gasteiger partial charge in [0.25, 0.3) is 0 Å². The third-order valence-corrected chi connectivity index (χ3v) is 4.19. The van der Waals surface area contributed by atoms with Crippen LogP contribution < -0.4 is 4.72 Å². The lowest BCUT2D eigenvalue weighted by atomic mass is 10.2. The maximum atomic E-state index is 13.5. The molecule has 0 radical (unpaired) electrons. The molecule has 0 spiro atoms. The van der Waals surface area contributed by atoms with Gasteiger partial charge in [-0.3, -0.25) is 4.79 Å². The van der Waals surface area contributed by atoms with Crippen LogP contribution in [0.3, 0.4) is 0 Å². The number of carboxylic acid groups (broad SMARTS) is 1. The van der Waals surface area contributed by atoms with Gasteiger partial charge in [-0.15, -0.1) is 0 Å². The van der Waals surface area contributed by atoms with Crippen molar-refractivity contribution < 1.29 is 27.8 Å². The van der Waals surface area contributed by atoms with Crippen molar-refractivity contribution in [2.45, 2.75) is 17.4 Å². The number of nitrogens with one attached hydrogen (secondary N) is 1. The first kappa shape index (κ1) is 16.0. The van der Waals surface area contributed by atoms with Gasteiger partial charge in [0, 0.05) is 11.1 Å². The molecule has 1 aromatic carbocycles. The van der Waals surface area contributed by atoms with E-state index in [9.17, 15) is 17.6 Å². The fraction of sp³-hybridized carbons (Fsp3) is 0.300. The summed E-state index contributed by atoms with van der Waals surface area (Å²) in [5.74, 6) is -2.45. The first-order valence-corrected chi connectivity index (χ1v) is 7.36. The minimum Gasteiger partial charge on any atom is -0.480 e. The van der Waals surface area contributed by atoms with Crippen LogP contribution in [0.1, 0.15) is 6.42 Å². The topological polar surface area (TPSA) is 104 Å². The molecule has 9 heteroatoms. The second-order valence-electron chi connectivity index (χ2n) is 3.60. The average Bonchev–Trinajstić information content (AvgIpc) is 2.27. The zero-order valence-electron chi connectivity index (χ0n) is 9.51. The fourth-order valence-corrected chi connectivity index (χ4v) is 2.92. The number of carbonyl (C=O) groups is 1. The molecule has 0 heterocycles. The smallest absolute Gasteiger partial charge is 0.321 e. The molecule has 19 heavy (non-hydrogen) atoms. The van der Waals surface area contributed by atoms with E-state index < -0.39 is 39.4 Å². The van der Waals surface area contributed by atoms with Crippen LogP contribution in [-0.4, -0.2) is 37.2 Å². The minimum absolute atomic E-state index is 0.313. The molecule has 0 aliphatic heterocycles. The Hall–Kier alpha value is -1.03. The Morgan fingerprint density at radius 2 is 2.11 bits per heavy atom. The van der Waals surface area contributed by atoms with Crippen molar-refractivity contribution in [3.63, 3.8) is 0 Å². The largest absolute Gasteiger partial charge is 0.480 e. The molecule has 0 saturated heterocycles. The second-order valence-corrected chi connectivity index (χ2v) is 6.20. The zero-order valence-corrected chi connectivity index (χ0v) is 11.9. The Kier molecular flexibility index (Phi) is 5.41. The summed E-state index contributed by atoms with van der Waals surface area (Å²) in [5, 5.41) is 17.5. The van der Waals surface area contributed by atoms with E-state index in [0.29, 0.717) is 4.47 Å². The first-order chi connectivity index (χ1) is 8.77. The van der Waals surface area contributed by atoms with Gasteiger partial charge >= 0.3 is 5.97 Å². The van der Waals surface area contributed by atoms with E-state index in [1.807, 2.05) is 4.72 Å². The van der Waals surface area contributed by atoms with Crippen LogP contribution in [0, 0.1) is 5.82 Å². The van der Waals surface area contributed by atoms with Gasteiger partial charge in [-0.25, -0.2) is 12.8 Å². The normalized spacial score (nSPS) is 13.2. The molecule has 1 unspecified atom stereocenters. The molecule has 3 N–H and O–H groups in total. The number of carboxylic acids is 1. The Morgan fingerprint density at radius 3 is 2.58 bits per heavy atom. The minimum atomic E-state index is -4.31. The maximum absolute atomic E-state index is 13.5. The highest BCUT2D eigenvalue weighted by molar-refractivity contribution is 9.10. The van der Waals surface area contributed by atoms with Crippen LogP contribution in [0.25, 0.3) is 0 Å². The van der Waals surface area contributed by atoms with Gasteiger partial charge in [-0.2, -0.15) is 4.72 Å². The number of hydrogen-bond donors (Lipinski definition) is 3. The highest BCUT2D eigenvalue weighted by atomic mass is 79.9. The van der Waals surface area contributed by atoms with Gasteiger partial charge < -0.3 is 10.2 Å². The van der Waals surface area contributed by atoms with E-state index in [1.54, 1.807) is 0 Å². The Balaban J connectivity index is 3.06. The molecule has 0 aliphatic rings. The summed E-state index contributed by atoms with van der Waals surface area (Å²) in [6.45, 7) is -0.512. The lowest BCUT2D eigenvalue weighted by Crippen LogP contribution is -2.41. The third kappa shape index (κ3) is 4.23. The number of aliphatic hydroxyl groups excluding tert-OH is 1. The number of aliphatic carboxylic acids is 1. The van der Waals surface area contributed by atoms with Crippen LogP contribution in [0.4, 0.5) is 4.39 Å². The van der Waals surface area contributed by atoms with Gasteiger partial charge in [0.1, 0.15) is 16.8 Å². The molecule has 0 saturated carbocycles. The number of benzene rings is 1. The zero-order chi connectivity index (χ0) is 14.6. The predicted octanol–water partition coefficient (Wildman–Crippen LogP) is 0.702. The summed E-state index contributed by atoms with van der Waals surface area (Å²) < 4.78 is 39.4. The molecule has 6 nitrogen and oxygen atoms in total. The van der Waals surface area contributed by atoms with Crippen LogP contribution in [0.2, 0.25) is 0 Å². The fourth-order valence-electron chi connectivity index (χ4n) is 1.31. The predicted molar refractivity (Wildman–Crippen MR) is 67.5 cm³/mol. The van der Waals surface area contributed by atoms with Gasteiger partial charge in [-0.05, 0) is 24.6 Å². The molecule has 0 aromatic heterocycles. The summed E-state index contributed by atoms with van der Waals surface area (Å²) >= 11 is 2.98. The molecule has 0 fully saturated rings. The molecular formula is C10H11BrFNO5S. The molecule has 0 bridgehead atoms. The third-order valence-electron chi connectivity index (χ3n) is 2.20. The quantitative estimate of drug-likeness (QED) is 0.696. The van der Waals surface area contributed by atoms with Gasteiger partial charge in [-0.1, -0.05) is 15.9 Å². The summed E-state index contributed by atoms with van der Waals surface area (Å²) in [6.07, 6.45) is -0.313. The number of sulfonamides is 1. The summed E-state index contributed by atoms with van der Waals surface area (Å²) in [6, 6.07) is 1.77. The van der Waals surface area contributed by atoms with E-state index in [2.05, 4.69) is 15.9 Å². The highest BCUT2D eigenvalue weighted by Crippen LogP contribution is 2.19. The SMILES string of the molecule is O=C(O)C(CCO)NS(=O)(=O)c1ccc(Br)cc1F. The summed E-state index contributed by atoms with van der Waals surface area (Å²) in [7, 11) is -4.31. The monoisotopic (exact) mass is 355 g/mol. The van der Waals surface area contributed by atoms with Crippen LogP contribution in [0.15, 0.2) is 27.6 Å². The average molecular weight is 356 g/mol. The molecule has 106 valence electrons. The maximum Gasteiger partial charge on any atom is 0.321 e. The van der Waals surface area contributed by atoms with Crippen LogP contribution >= 0.6 is 15.9 Å². The van der Waals surface area contributed by atoms with E-state index in [1.165, 1.54) is 6.07 Å². The summed E-state index contributed by atoms with van der Waals surface area (Å²) in [4.78, 5) is 10.1. The van der Waals surface area contributed by atoms with Crippen molar-refractivity contribution in [1.82, 2.24) is 4.72 Å². The van der Waals surface area contributed by atoms with E-state index >= 15 is 0 Å². The lowest BCUT2D eigenvalue weighted by Gasteiger charge is -2.14. The van der Waals surface area contributed by atoms with Crippen molar-refractivity contribution in [1.29, 1.82) is 0 Å². The van der Waals surface area contributed by atoms with Gasteiger partial charge in [0.15, 0.2) is 0 Å². The number of halogens is 2. The molecule has 1 rings (SSSR count). The highest BCUT2D eigenvalue weighted by Gasteiger charge is 2.27. The van der Waals surface area contributed by atoms with Crippen LogP contribution in [0.5, 0.6) is 0 Å². The second kappa shape index (κ2) is 6.42. The molecule has 1 aromatic rings. The van der Waals surface area contributed by atoms with Gasteiger partial charge in [0.05, 0.1) is 0 Å². The Labute approximate surface area is 117 Å². The van der Waals surface area contributed by atoms with E-state index in [4.69, 9.17) is 10.2 Å². The first-order valence-electron chi connectivity index (χ1n) is 5.09. The van der Waals surface area contributed by atoms with Gasteiger partial charge in [0.2, 0.25) is 10.0 Å².